The molecule has 0 aliphatic rings. The fraction of sp³-hybridized carbons (Fsp3) is 0.300. The number of benzene rings is 1. The zero-order chi connectivity index (χ0) is 10.6. The van der Waals surface area contributed by atoms with Crippen LogP contribution in [-0.2, 0) is 0 Å². The highest BCUT2D eigenvalue weighted by atomic mass is 79.9. The summed E-state index contributed by atoms with van der Waals surface area (Å²) in [4.78, 5) is 10.8. The maximum Gasteiger partial charge on any atom is 0.339 e. The number of halogens is 1. The van der Waals surface area contributed by atoms with Gasteiger partial charge in [-0.05, 0) is 24.6 Å². The van der Waals surface area contributed by atoms with Gasteiger partial charge in [0.05, 0.1) is 6.61 Å². The van der Waals surface area contributed by atoms with Crippen molar-refractivity contribution in [3.8, 4) is 5.75 Å². The predicted octanol–water partition coefficient (Wildman–Crippen LogP) is 2.94. The zero-order valence-electron chi connectivity index (χ0n) is 7.79. The molecular weight excluding hydrogens is 248 g/mol. The van der Waals surface area contributed by atoms with Gasteiger partial charge < -0.3 is 9.84 Å². The molecule has 0 heterocycles. The molecule has 0 spiro atoms. The minimum atomic E-state index is -0.969. The molecule has 0 amide bonds. The van der Waals surface area contributed by atoms with Gasteiger partial charge in [-0.2, -0.15) is 0 Å². The van der Waals surface area contributed by atoms with E-state index in [2.05, 4.69) is 15.9 Å². The van der Waals surface area contributed by atoms with Crippen molar-refractivity contribution >= 4 is 21.9 Å². The summed E-state index contributed by atoms with van der Waals surface area (Å²) in [6.07, 6.45) is 0.853. The molecule has 0 aliphatic heterocycles. The number of rotatable bonds is 4. The van der Waals surface area contributed by atoms with Gasteiger partial charge >= 0.3 is 5.97 Å². The Morgan fingerprint density at radius 3 is 2.86 bits per heavy atom. The Balaban J connectivity index is 2.97. The first kappa shape index (κ1) is 11.0. The van der Waals surface area contributed by atoms with Crippen LogP contribution in [0.4, 0.5) is 0 Å². The summed E-state index contributed by atoms with van der Waals surface area (Å²) in [5.74, 6) is -0.558. The normalized spacial score (nSPS) is 9.86. The summed E-state index contributed by atoms with van der Waals surface area (Å²) >= 11 is 3.26. The van der Waals surface area contributed by atoms with Crippen LogP contribution < -0.4 is 4.74 Å². The van der Waals surface area contributed by atoms with E-state index in [1.54, 1.807) is 12.1 Å². The van der Waals surface area contributed by atoms with E-state index < -0.39 is 5.97 Å². The average Bonchev–Trinajstić information content (AvgIpc) is 2.14. The van der Waals surface area contributed by atoms with E-state index in [-0.39, 0.29) is 5.56 Å². The molecular formula is C10H11BrO3. The van der Waals surface area contributed by atoms with E-state index in [1.807, 2.05) is 6.92 Å². The molecule has 0 aromatic heterocycles. The molecule has 0 bridgehead atoms. The first-order valence-corrected chi connectivity index (χ1v) is 5.10. The Kier molecular flexibility index (Phi) is 3.95. The Hall–Kier alpha value is -1.03. The van der Waals surface area contributed by atoms with E-state index >= 15 is 0 Å². The molecule has 0 unspecified atom stereocenters. The summed E-state index contributed by atoms with van der Waals surface area (Å²) in [6, 6.07) is 4.87. The minimum absolute atomic E-state index is 0.196. The van der Waals surface area contributed by atoms with Crippen molar-refractivity contribution in [1.82, 2.24) is 0 Å². The maximum atomic E-state index is 10.8. The highest BCUT2D eigenvalue weighted by Gasteiger charge is 2.10. The fourth-order valence-electron chi connectivity index (χ4n) is 1.00. The van der Waals surface area contributed by atoms with Gasteiger partial charge in [0, 0.05) is 4.47 Å². The lowest BCUT2D eigenvalue weighted by Gasteiger charge is -2.08. The molecule has 0 fully saturated rings. The highest BCUT2D eigenvalue weighted by molar-refractivity contribution is 9.10. The largest absolute Gasteiger partial charge is 0.493 e. The van der Waals surface area contributed by atoms with Crippen LogP contribution in [0.1, 0.15) is 23.7 Å². The molecule has 0 aliphatic carbocycles. The van der Waals surface area contributed by atoms with Crippen molar-refractivity contribution in [3.63, 3.8) is 0 Å². The van der Waals surface area contributed by atoms with Crippen molar-refractivity contribution in [2.24, 2.45) is 0 Å². The topological polar surface area (TPSA) is 46.5 Å². The van der Waals surface area contributed by atoms with Crippen LogP contribution in [0.25, 0.3) is 0 Å². The van der Waals surface area contributed by atoms with Crippen molar-refractivity contribution in [2.45, 2.75) is 13.3 Å². The van der Waals surface area contributed by atoms with Gasteiger partial charge in [0.15, 0.2) is 0 Å². The van der Waals surface area contributed by atoms with Gasteiger partial charge in [-0.3, -0.25) is 0 Å². The number of carboxylic acids is 1. The van der Waals surface area contributed by atoms with Crippen LogP contribution >= 0.6 is 15.9 Å². The smallest absolute Gasteiger partial charge is 0.339 e. The second-order valence-electron chi connectivity index (χ2n) is 2.79. The van der Waals surface area contributed by atoms with Crippen LogP contribution in [0.5, 0.6) is 5.75 Å². The number of hydrogen-bond donors (Lipinski definition) is 1. The lowest BCUT2D eigenvalue weighted by atomic mass is 10.2. The molecule has 0 saturated heterocycles. The molecule has 0 atom stereocenters. The molecule has 76 valence electrons. The van der Waals surface area contributed by atoms with Crippen LogP contribution in [0.2, 0.25) is 0 Å². The second kappa shape index (κ2) is 5.00. The maximum absolute atomic E-state index is 10.8. The molecule has 1 N–H and O–H groups in total. The van der Waals surface area contributed by atoms with Gasteiger partial charge in [-0.1, -0.05) is 22.9 Å². The summed E-state index contributed by atoms with van der Waals surface area (Å²) in [6.45, 7) is 2.50. The Labute approximate surface area is 90.8 Å². The predicted molar refractivity (Wildman–Crippen MR) is 56.9 cm³/mol. The third-order valence-corrected chi connectivity index (χ3v) is 2.13. The van der Waals surface area contributed by atoms with Crippen molar-refractivity contribution in [3.05, 3.63) is 28.2 Å². The van der Waals surface area contributed by atoms with Crippen molar-refractivity contribution < 1.29 is 14.6 Å². The molecule has 4 heteroatoms. The molecule has 3 nitrogen and oxygen atoms in total. The standard InChI is InChI=1S/C10H11BrO3/c1-2-5-14-9-6-7(11)3-4-8(9)10(12)13/h3-4,6H,2,5H2,1H3,(H,12,13). The van der Waals surface area contributed by atoms with E-state index in [4.69, 9.17) is 9.84 Å². The Morgan fingerprint density at radius 2 is 2.29 bits per heavy atom. The van der Waals surface area contributed by atoms with E-state index in [0.717, 1.165) is 10.9 Å². The number of carboxylic acid groups (broad SMARTS) is 1. The summed E-state index contributed by atoms with van der Waals surface area (Å²) in [5.41, 5.74) is 0.196. The zero-order valence-corrected chi connectivity index (χ0v) is 9.37. The van der Waals surface area contributed by atoms with Gasteiger partial charge in [0.25, 0.3) is 0 Å². The number of hydrogen-bond acceptors (Lipinski definition) is 2. The summed E-state index contributed by atoms with van der Waals surface area (Å²) in [7, 11) is 0. The second-order valence-corrected chi connectivity index (χ2v) is 3.71. The SMILES string of the molecule is CCCOc1cc(Br)ccc1C(=O)O. The van der Waals surface area contributed by atoms with E-state index in [9.17, 15) is 4.79 Å². The minimum Gasteiger partial charge on any atom is -0.493 e. The van der Waals surface area contributed by atoms with E-state index in [0.29, 0.717) is 12.4 Å². The number of carbonyl (C=O) groups is 1. The van der Waals surface area contributed by atoms with Crippen LogP contribution in [-0.4, -0.2) is 17.7 Å². The number of ether oxygens (including phenoxy) is 1. The third kappa shape index (κ3) is 2.73. The third-order valence-electron chi connectivity index (χ3n) is 1.64. The van der Waals surface area contributed by atoms with Gasteiger partial charge in [0.1, 0.15) is 11.3 Å². The summed E-state index contributed by atoms with van der Waals surface area (Å²) < 4.78 is 6.13. The van der Waals surface area contributed by atoms with Crippen LogP contribution in [0, 0.1) is 0 Å². The molecule has 0 radical (unpaired) electrons. The summed E-state index contributed by atoms with van der Waals surface area (Å²) in [5, 5.41) is 8.86. The lowest BCUT2D eigenvalue weighted by molar-refractivity contribution is 0.0692. The van der Waals surface area contributed by atoms with Gasteiger partial charge in [-0.15, -0.1) is 0 Å². The number of aromatic carboxylic acids is 1. The van der Waals surface area contributed by atoms with Crippen LogP contribution in [0.3, 0.4) is 0 Å². The monoisotopic (exact) mass is 258 g/mol. The van der Waals surface area contributed by atoms with Crippen LogP contribution in [0.15, 0.2) is 22.7 Å². The molecule has 1 aromatic carbocycles. The van der Waals surface area contributed by atoms with Crippen molar-refractivity contribution in [1.29, 1.82) is 0 Å². The Bertz CT molecular complexity index is 336. The van der Waals surface area contributed by atoms with Gasteiger partial charge in [0.2, 0.25) is 0 Å². The first-order chi connectivity index (χ1) is 6.65. The quantitative estimate of drug-likeness (QED) is 0.904. The molecule has 1 aromatic rings. The molecule has 14 heavy (non-hydrogen) atoms. The highest BCUT2D eigenvalue weighted by Crippen LogP contribution is 2.23. The fourth-order valence-corrected chi connectivity index (χ4v) is 1.34. The van der Waals surface area contributed by atoms with Crippen molar-refractivity contribution in [2.75, 3.05) is 6.61 Å². The lowest BCUT2D eigenvalue weighted by Crippen LogP contribution is -2.03. The first-order valence-electron chi connectivity index (χ1n) is 4.30. The Morgan fingerprint density at radius 1 is 1.57 bits per heavy atom. The molecule has 0 saturated carbocycles. The van der Waals surface area contributed by atoms with E-state index in [1.165, 1.54) is 6.07 Å². The molecule has 1 rings (SSSR count). The average molecular weight is 259 g/mol. The van der Waals surface area contributed by atoms with Gasteiger partial charge in [-0.25, -0.2) is 4.79 Å².